The molecule has 3 nitrogen and oxygen atoms in total. The number of aromatic nitrogens is 2. The summed E-state index contributed by atoms with van der Waals surface area (Å²) in [6.07, 6.45) is 1.57. The first-order valence-electron chi connectivity index (χ1n) is 5.23. The lowest BCUT2D eigenvalue weighted by Crippen LogP contribution is -2.09. The van der Waals surface area contributed by atoms with E-state index >= 15 is 0 Å². The first-order chi connectivity index (χ1) is 8.52. The number of nitrogens with zero attached hydrogens (tertiary/aromatic N) is 2. The van der Waals surface area contributed by atoms with Crippen LogP contribution in [0.1, 0.15) is 5.82 Å². The average molecular weight is 293 g/mol. The van der Waals surface area contributed by atoms with Crippen LogP contribution in [0.2, 0.25) is 0 Å². The van der Waals surface area contributed by atoms with E-state index in [0.717, 1.165) is 6.07 Å². The summed E-state index contributed by atoms with van der Waals surface area (Å²) in [5.74, 6) is -0.464. The van der Waals surface area contributed by atoms with Crippen molar-refractivity contribution in [3.8, 4) is 0 Å². The van der Waals surface area contributed by atoms with E-state index in [1.807, 2.05) is 0 Å². The van der Waals surface area contributed by atoms with Gasteiger partial charge >= 0.3 is 0 Å². The molecule has 2 rings (SSSR count). The van der Waals surface area contributed by atoms with Crippen molar-refractivity contribution < 1.29 is 13.0 Å². The molecule has 1 atom stereocenters. The van der Waals surface area contributed by atoms with Crippen LogP contribution in [0.5, 0.6) is 0 Å². The third-order valence-electron chi connectivity index (χ3n) is 2.57. The summed E-state index contributed by atoms with van der Waals surface area (Å²) in [6.45, 7) is 0.366. The van der Waals surface area contributed by atoms with Crippen molar-refractivity contribution in [2.45, 2.75) is 12.4 Å². The van der Waals surface area contributed by atoms with Crippen LogP contribution < -0.4 is 0 Å². The second-order valence-electron chi connectivity index (χ2n) is 3.85. The Labute approximate surface area is 110 Å². The van der Waals surface area contributed by atoms with Gasteiger partial charge in [-0.3, -0.25) is 4.21 Å². The molecular formula is C11H11ClF2N2OS. The van der Waals surface area contributed by atoms with E-state index in [9.17, 15) is 13.0 Å². The van der Waals surface area contributed by atoms with Gasteiger partial charge in [-0.15, -0.1) is 11.6 Å². The Kier molecular flexibility index (Phi) is 3.97. The van der Waals surface area contributed by atoms with Gasteiger partial charge in [0, 0.05) is 35.4 Å². The Morgan fingerprint density at radius 1 is 1.44 bits per heavy atom. The first kappa shape index (κ1) is 13.4. The van der Waals surface area contributed by atoms with Gasteiger partial charge in [0.1, 0.15) is 17.2 Å². The van der Waals surface area contributed by atoms with Gasteiger partial charge in [-0.1, -0.05) is 0 Å². The lowest BCUT2D eigenvalue weighted by Gasteiger charge is -2.06. The molecule has 0 aliphatic heterocycles. The number of halogens is 3. The van der Waals surface area contributed by atoms with Gasteiger partial charge in [0.2, 0.25) is 0 Å². The minimum atomic E-state index is -0.993. The van der Waals surface area contributed by atoms with Gasteiger partial charge in [0.15, 0.2) is 5.82 Å². The lowest BCUT2D eigenvalue weighted by molar-refractivity contribution is 0.590. The number of fused-ring (bicyclic) bond motifs is 1. The zero-order valence-corrected chi connectivity index (χ0v) is 11.2. The Bertz CT molecular complexity index is 615. The summed E-state index contributed by atoms with van der Waals surface area (Å²) >= 11 is 5.74. The molecule has 0 saturated heterocycles. The molecule has 0 amide bonds. The molecule has 0 aliphatic rings. The predicted octanol–water partition coefficient (Wildman–Crippen LogP) is 2.43. The van der Waals surface area contributed by atoms with Gasteiger partial charge in [0.25, 0.3) is 0 Å². The molecular weight excluding hydrogens is 282 g/mol. The predicted molar refractivity (Wildman–Crippen MR) is 68.1 cm³/mol. The van der Waals surface area contributed by atoms with Crippen molar-refractivity contribution in [1.29, 1.82) is 0 Å². The highest BCUT2D eigenvalue weighted by molar-refractivity contribution is 7.84. The Morgan fingerprint density at radius 2 is 2.17 bits per heavy atom. The second-order valence-corrected chi connectivity index (χ2v) is 5.67. The average Bonchev–Trinajstić information content (AvgIpc) is 2.64. The maximum atomic E-state index is 13.6. The van der Waals surface area contributed by atoms with Crippen LogP contribution in [0.15, 0.2) is 12.1 Å². The van der Waals surface area contributed by atoms with Crippen molar-refractivity contribution in [2.24, 2.45) is 0 Å². The van der Waals surface area contributed by atoms with E-state index < -0.39 is 22.4 Å². The highest BCUT2D eigenvalue weighted by Gasteiger charge is 2.15. The smallest absolute Gasteiger partial charge is 0.153 e. The molecule has 98 valence electrons. The molecule has 0 N–H and O–H groups in total. The number of benzene rings is 1. The highest BCUT2D eigenvalue weighted by atomic mass is 35.5. The van der Waals surface area contributed by atoms with Gasteiger partial charge in [-0.05, 0) is 6.07 Å². The zero-order chi connectivity index (χ0) is 13.3. The van der Waals surface area contributed by atoms with Crippen LogP contribution in [0.4, 0.5) is 8.78 Å². The summed E-state index contributed by atoms with van der Waals surface area (Å²) in [5.41, 5.74) is 0.433. The third-order valence-corrected chi connectivity index (χ3v) is 3.57. The highest BCUT2D eigenvalue weighted by Crippen LogP contribution is 2.22. The minimum Gasteiger partial charge on any atom is -0.326 e. The third kappa shape index (κ3) is 2.54. The maximum Gasteiger partial charge on any atom is 0.153 e. The maximum absolute atomic E-state index is 13.6. The summed E-state index contributed by atoms with van der Waals surface area (Å²) in [7, 11) is -0.993. The lowest BCUT2D eigenvalue weighted by atomic mass is 10.3. The molecule has 2 aromatic rings. The number of imidazole rings is 1. The van der Waals surface area contributed by atoms with Crippen molar-refractivity contribution in [3.63, 3.8) is 0 Å². The van der Waals surface area contributed by atoms with E-state index in [0.29, 0.717) is 23.6 Å². The number of rotatable bonds is 4. The van der Waals surface area contributed by atoms with Crippen LogP contribution in [-0.2, 0) is 23.2 Å². The summed E-state index contributed by atoms with van der Waals surface area (Å²) in [5, 5.41) is 0. The largest absolute Gasteiger partial charge is 0.326 e. The molecule has 7 heteroatoms. The molecule has 1 aromatic heterocycles. The monoisotopic (exact) mass is 292 g/mol. The van der Waals surface area contributed by atoms with Crippen molar-refractivity contribution in [2.75, 3.05) is 12.0 Å². The molecule has 0 bridgehead atoms. The molecule has 0 aliphatic carbocycles. The van der Waals surface area contributed by atoms with E-state index in [1.54, 1.807) is 10.8 Å². The summed E-state index contributed by atoms with van der Waals surface area (Å²) < 4.78 is 39.5. The molecule has 0 spiro atoms. The number of hydrogen-bond donors (Lipinski definition) is 0. The van der Waals surface area contributed by atoms with E-state index in [2.05, 4.69) is 4.98 Å². The SMILES string of the molecule is CS(=O)CCn1c(CCl)nc2c(F)cc(F)cc21. The molecule has 1 aromatic carbocycles. The summed E-state index contributed by atoms with van der Waals surface area (Å²) in [4.78, 5) is 4.04. The van der Waals surface area contributed by atoms with Crippen LogP contribution in [0.25, 0.3) is 11.0 Å². The molecule has 1 heterocycles. The zero-order valence-electron chi connectivity index (χ0n) is 9.62. The fourth-order valence-electron chi connectivity index (χ4n) is 1.77. The van der Waals surface area contributed by atoms with E-state index in [-0.39, 0.29) is 11.4 Å². The van der Waals surface area contributed by atoms with Gasteiger partial charge < -0.3 is 4.57 Å². The molecule has 0 fully saturated rings. The van der Waals surface area contributed by atoms with E-state index in [1.165, 1.54) is 6.07 Å². The van der Waals surface area contributed by atoms with E-state index in [4.69, 9.17) is 11.6 Å². The number of alkyl halides is 1. The van der Waals surface area contributed by atoms with Crippen LogP contribution in [0, 0.1) is 11.6 Å². The minimum absolute atomic E-state index is 0.0894. The van der Waals surface area contributed by atoms with Crippen LogP contribution in [0.3, 0.4) is 0 Å². The normalized spacial score (nSPS) is 13.1. The molecule has 18 heavy (non-hydrogen) atoms. The molecule has 1 unspecified atom stereocenters. The Morgan fingerprint density at radius 3 is 2.78 bits per heavy atom. The van der Waals surface area contributed by atoms with Crippen LogP contribution in [-0.4, -0.2) is 25.8 Å². The molecule has 0 radical (unpaired) electrons. The Hall–Kier alpha value is -1.01. The van der Waals surface area contributed by atoms with Crippen molar-refractivity contribution >= 4 is 33.4 Å². The number of hydrogen-bond acceptors (Lipinski definition) is 2. The first-order valence-corrected chi connectivity index (χ1v) is 7.49. The van der Waals surface area contributed by atoms with Gasteiger partial charge in [0.05, 0.1) is 11.4 Å². The van der Waals surface area contributed by atoms with Gasteiger partial charge in [-0.2, -0.15) is 0 Å². The summed E-state index contributed by atoms with van der Waals surface area (Å²) in [6, 6.07) is 2.00. The van der Waals surface area contributed by atoms with Crippen molar-refractivity contribution in [3.05, 3.63) is 29.6 Å². The van der Waals surface area contributed by atoms with Crippen LogP contribution >= 0.6 is 11.6 Å². The quantitative estimate of drug-likeness (QED) is 0.811. The van der Waals surface area contributed by atoms with Gasteiger partial charge in [-0.25, -0.2) is 13.8 Å². The number of aryl methyl sites for hydroxylation is 1. The standard InChI is InChI=1S/C11H11ClF2N2OS/c1-18(17)3-2-16-9-5-7(13)4-8(14)11(9)15-10(16)6-12/h4-5H,2-3,6H2,1H3. The topological polar surface area (TPSA) is 34.9 Å². The molecule has 0 saturated carbocycles. The fourth-order valence-corrected chi connectivity index (χ4v) is 2.41. The fraction of sp³-hybridized carbons (Fsp3) is 0.364. The van der Waals surface area contributed by atoms with Crippen molar-refractivity contribution in [1.82, 2.24) is 9.55 Å². The Balaban J connectivity index is 2.57. The second kappa shape index (κ2) is 5.32.